The summed E-state index contributed by atoms with van der Waals surface area (Å²) in [5.74, 6) is 1.07. The van der Waals surface area contributed by atoms with Gasteiger partial charge in [0.05, 0.1) is 28.8 Å². The molecule has 3 N–H and O–H groups in total. The number of aromatic nitrogens is 2. The van der Waals surface area contributed by atoms with Crippen LogP contribution < -0.4 is 14.8 Å². The summed E-state index contributed by atoms with van der Waals surface area (Å²) < 4.78 is 34.8. The van der Waals surface area contributed by atoms with E-state index in [-0.39, 0.29) is 18.1 Å². The number of hydrogen-bond acceptors (Lipinski definition) is 8. The van der Waals surface area contributed by atoms with E-state index >= 15 is 0 Å². The lowest BCUT2D eigenvalue weighted by atomic mass is 10.1. The fraction of sp³-hybridized carbons (Fsp3) is 0.258. The third kappa shape index (κ3) is 7.46. The minimum atomic E-state index is -3.74. The van der Waals surface area contributed by atoms with E-state index in [1.54, 1.807) is 81.7 Å². The Morgan fingerprint density at radius 2 is 1.80 bits per heavy atom. The third-order valence-corrected chi connectivity index (χ3v) is 7.97. The SMILES string of the molecule is Cc1ncc(CNc2ccc(-c3ccccc3S(=O)(=O)NC(C)(C)C)cn2)c(CO)c1OCc1cccc(C#N)c1. The van der Waals surface area contributed by atoms with E-state index in [2.05, 4.69) is 26.1 Å². The van der Waals surface area contributed by atoms with Gasteiger partial charge >= 0.3 is 0 Å². The fourth-order valence-electron chi connectivity index (χ4n) is 4.32. The molecule has 0 fully saturated rings. The number of benzene rings is 2. The van der Waals surface area contributed by atoms with Crippen molar-refractivity contribution in [3.63, 3.8) is 0 Å². The van der Waals surface area contributed by atoms with Crippen molar-refractivity contribution in [1.29, 1.82) is 5.26 Å². The lowest BCUT2D eigenvalue weighted by molar-refractivity contribution is 0.256. The van der Waals surface area contributed by atoms with Gasteiger partial charge < -0.3 is 15.2 Å². The standard InChI is InChI=1S/C31H33N5O4S/c1-21-30(40-20-23-9-7-8-22(14-23)15-32)27(19-37)25(17-33-21)18-35-29-13-12-24(16-34-29)26-10-5-6-11-28(26)41(38,39)36-31(2,3)4/h5-14,16-17,36-37H,18-20H2,1-4H3,(H,34,35). The van der Waals surface area contributed by atoms with Crippen molar-refractivity contribution in [3.05, 3.63) is 101 Å². The Morgan fingerprint density at radius 1 is 1.02 bits per heavy atom. The molecular formula is C31H33N5O4S. The number of hydrogen-bond donors (Lipinski definition) is 3. The van der Waals surface area contributed by atoms with Crippen LogP contribution in [0.3, 0.4) is 0 Å². The molecule has 0 amide bonds. The molecule has 0 radical (unpaired) electrons. The zero-order valence-corrected chi connectivity index (χ0v) is 24.3. The quantitative estimate of drug-likeness (QED) is 0.240. The largest absolute Gasteiger partial charge is 0.487 e. The summed E-state index contributed by atoms with van der Waals surface area (Å²) in [5, 5.41) is 22.6. The highest BCUT2D eigenvalue weighted by atomic mass is 32.2. The van der Waals surface area contributed by atoms with Crippen molar-refractivity contribution in [3.8, 4) is 22.9 Å². The number of aliphatic hydroxyl groups excluding tert-OH is 1. The van der Waals surface area contributed by atoms with Gasteiger partial charge in [0.1, 0.15) is 18.2 Å². The molecule has 2 heterocycles. The smallest absolute Gasteiger partial charge is 0.241 e. The number of aliphatic hydroxyl groups is 1. The van der Waals surface area contributed by atoms with E-state index in [9.17, 15) is 13.5 Å². The number of aryl methyl sites for hydroxylation is 1. The van der Waals surface area contributed by atoms with Crippen molar-refractivity contribution in [2.45, 2.75) is 57.9 Å². The van der Waals surface area contributed by atoms with E-state index in [0.29, 0.717) is 46.1 Å². The summed E-state index contributed by atoms with van der Waals surface area (Å²) in [7, 11) is -3.74. The molecule has 0 aliphatic heterocycles. The third-order valence-electron chi connectivity index (χ3n) is 6.15. The molecule has 0 saturated carbocycles. The van der Waals surface area contributed by atoms with Gasteiger partial charge in [-0.05, 0) is 69.2 Å². The molecule has 0 aliphatic rings. The molecule has 2 aromatic heterocycles. The molecule has 0 aliphatic carbocycles. The summed E-state index contributed by atoms with van der Waals surface area (Å²) in [5.41, 5.74) is 3.98. The van der Waals surface area contributed by atoms with Crippen LogP contribution >= 0.6 is 0 Å². The second kappa shape index (κ2) is 12.5. The molecule has 0 atom stereocenters. The van der Waals surface area contributed by atoms with Crippen LogP contribution in [0.5, 0.6) is 5.75 Å². The minimum Gasteiger partial charge on any atom is -0.487 e. The van der Waals surface area contributed by atoms with Gasteiger partial charge in [0.25, 0.3) is 0 Å². The van der Waals surface area contributed by atoms with Crippen LogP contribution in [0.25, 0.3) is 11.1 Å². The number of nitrogens with zero attached hydrogens (tertiary/aromatic N) is 3. The van der Waals surface area contributed by atoms with Crippen molar-refractivity contribution in [1.82, 2.24) is 14.7 Å². The van der Waals surface area contributed by atoms with Crippen molar-refractivity contribution < 1.29 is 18.3 Å². The zero-order valence-electron chi connectivity index (χ0n) is 23.5. The summed E-state index contributed by atoms with van der Waals surface area (Å²) in [4.78, 5) is 9.12. The van der Waals surface area contributed by atoms with Crippen molar-refractivity contribution >= 4 is 15.8 Å². The van der Waals surface area contributed by atoms with E-state index in [4.69, 9.17) is 10.00 Å². The highest BCUT2D eigenvalue weighted by molar-refractivity contribution is 7.89. The monoisotopic (exact) mass is 571 g/mol. The summed E-state index contributed by atoms with van der Waals surface area (Å²) >= 11 is 0. The first-order chi connectivity index (χ1) is 19.5. The Morgan fingerprint density at radius 3 is 2.49 bits per heavy atom. The minimum absolute atomic E-state index is 0.183. The first-order valence-electron chi connectivity index (χ1n) is 13.0. The van der Waals surface area contributed by atoms with Crippen LogP contribution in [-0.4, -0.2) is 29.0 Å². The van der Waals surface area contributed by atoms with Gasteiger partial charge in [-0.25, -0.2) is 18.1 Å². The topological polar surface area (TPSA) is 137 Å². The van der Waals surface area contributed by atoms with Gasteiger partial charge in [-0.15, -0.1) is 0 Å². The lowest BCUT2D eigenvalue weighted by Crippen LogP contribution is -2.40. The summed E-state index contributed by atoms with van der Waals surface area (Å²) in [6.07, 6.45) is 3.31. The molecule has 9 nitrogen and oxygen atoms in total. The predicted molar refractivity (Wildman–Crippen MR) is 157 cm³/mol. The van der Waals surface area contributed by atoms with Crippen molar-refractivity contribution in [2.24, 2.45) is 0 Å². The number of nitrogens with one attached hydrogen (secondary N) is 2. The molecule has 0 spiro atoms. The van der Waals surface area contributed by atoms with Crippen LogP contribution in [0.1, 0.15) is 48.7 Å². The molecular weight excluding hydrogens is 538 g/mol. The molecule has 41 heavy (non-hydrogen) atoms. The number of ether oxygens (including phenoxy) is 1. The maximum Gasteiger partial charge on any atom is 0.241 e. The fourth-order valence-corrected chi connectivity index (χ4v) is 5.97. The van der Waals surface area contributed by atoms with E-state index < -0.39 is 15.6 Å². The van der Waals surface area contributed by atoms with Crippen LogP contribution in [0.15, 0.2) is 78.0 Å². The average Bonchev–Trinajstić information content (AvgIpc) is 2.95. The Labute approximate surface area is 240 Å². The normalized spacial score (nSPS) is 11.6. The Hall–Kier alpha value is -4.30. The number of nitriles is 1. The Bertz CT molecular complexity index is 1670. The molecule has 10 heteroatoms. The van der Waals surface area contributed by atoms with Crippen LogP contribution in [0.2, 0.25) is 0 Å². The number of sulfonamides is 1. The van der Waals surface area contributed by atoms with E-state index in [1.807, 2.05) is 19.1 Å². The molecule has 2 aromatic carbocycles. The second-order valence-electron chi connectivity index (χ2n) is 10.6. The molecule has 212 valence electrons. The van der Waals surface area contributed by atoms with Gasteiger partial charge in [-0.3, -0.25) is 4.98 Å². The Kier molecular flexibility index (Phi) is 9.03. The zero-order chi connectivity index (χ0) is 29.6. The first-order valence-corrected chi connectivity index (χ1v) is 14.5. The highest BCUT2D eigenvalue weighted by Gasteiger charge is 2.25. The lowest BCUT2D eigenvalue weighted by Gasteiger charge is -2.21. The van der Waals surface area contributed by atoms with Gasteiger partial charge in [0.2, 0.25) is 10.0 Å². The van der Waals surface area contributed by atoms with Gasteiger partial charge in [0.15, 0.2) is 0 Å². The molecule has 4 aromatic rings. The molecule has 0 saturated heterocycles. The van der Waals surface area contributed by atoms with Crippen LogP contribution in [0.4, 0.5) is 5.82 Å². The average molecular weight is 572 g/mol. The van der Waals surface area contributed by atoms with E-state index in [1.165, 1.54) is 0 Å². The van der Waals surface area contributed by atoms with Crippen molar-refractivity contribution in [2.75, 3.05) is 5.32 Å². The van der Waals surface area contributed by atoms with Gasteiger partial charge in [0, 0.05) is 41.2 Å². The molecule has 0 unspecified atom stereocenters. The summed E-state index contributed by atoms with van der Waals surface area (Å²) in [6, 6.07) is 19.7. The van der Waals surface area contributed by atoms with Crippen LogP contribution in [-0.2, 0) is 29.8 Å². The molecule has 4 rings (SSSR count). The van der Waals surface area contributed by atoms with Gasteiger partial charge in [-0.1, -0.05) is 30.3 Å². The van der Waals surface area contributed by atoms with E-state index in [0.717, 1.165) is 11.1 Å². The predicted octanol–water partition coefficient (Wildman–Crippen LogP) is 5.08. The van der Waals surface area contributed by atoms with Gasteiger partial charge in [-0.2, -0.15) is 5.26 Å². The highest BCUT2D eigenvalue weighted by Crippen LogP contribution is 2.29. The maximum absolute atomic E-state index is 13.0. The molecule has 0 bridgehead atoms. The summed E-state index contributed by atoms with van der Waals surface area (Å²) in [6.45, 7) is 7.52. The Balaban J connectivity index is 1.50. The number of rotatable bonds is 10. The maximum atomic E-state index is 13.0. The number of pyridine rings is 2. The van der Waals surface area contributed by atoms with Crippen LogP contribution in [0, 0.1) is 18.3 Å². The second-order valence-corrected chi connectivity index (χ2v) is 12.2. The number of anilines is 1. The first kappa shape index (κ1) is 29.7.